The van der Waals surface area contributed by atoms with E-state index in [1.165, 1.54) is 18.3 Å². The summed E-state index contributed by atoms with van der Waals surface area (Å²) in [6.07, 6.45) is 1.37. The third-order valence-corrected chi connectivity index (χ3v) is 4.54. The van der Waals surface area contributed by atoms with Gasteiger partial charge in [-0.05, 0) is 67.8 Å². The number of carbonyl (C=O) groups is 1. The van der Waals surface area contributed by atoms with Gasteiger partial charge in [-0.2, -0.15) is 5.10 Å². The van der Waals surface area contributed by atoms with Crippen LogP contribution in [0.4, 0.5) is 5.69 Å². The largest absolute Gasteiger partial charge is 0.484 e. The minimum absolute atomic E-state index is 0.0234. The molecule has 1 N–H and O–H groups in total. The van der Waals surface area contributed by atoms with Crippen LogP contribution in [0, 0.1) is 30.9 Å². The first-order chi connectivity index (χ1) is 14.3. The molecule has 0 aliphatic rings. The minimum Gasteiger partial charge on any atom is -0.484 e. The van der Waals surface area contributed by atoms with Crippen LogP contribution >= 0.6 is 0 Å². The van der Waals surface area contributed by atoms with Gasteiger partial charge in [-0.3, -0.25) is 14.9 Å². The van der Waals surface area contributed by atoms with Crippen molar-refractivity contribution >= 4 is 17.8 Å². The fourth-order valence-electron chi connectivity index (χ4n) is 2.76. The molecule has 3 aromatic rings. The summed E-state index contributed by atoms with van der Waals surface area (Å²) in [7, 11) is 0. The summed E-state index contributed by atoms with van der Waals surface area (Å²) in [5.74, 6) is 1.19. The minimum atomic E-state index is -0.441. The number of nitrogens with one attached hydrogen (secondary N) is 1. The van der Waals surface area contributed by atoms with Crippen LogP contribution in [0.3, 0.4) is 0 Å². The van der Waals surface area contributed by atoms with Crippen molar-refractivity contribution in [2.75, 3.05) is 6.61 Å². The van der Waals surface area contributed by atoms with Gasteiger partial charge in [-0.25, -0.2) is 5.43 Å². The van der Waals surface area contributed by atoms with Gasteiger partial charge in [-0.15, -0.1) is 0 Å². The lowest BCUT2D eigenvalue weighted by Crippen LogP contribution is -2.24. The van der Waals surface area contributed by atoms with Crippen LogP contribution in [0.5, 0.6) is 5.75 Å². The average Bonchev–Trinajstić information content (AvgIpc) is 3.17. The Morgan fingerprint density at radius 1 is 1.10 bits per heavy atom. The fourth-order valence-corrected chi connectivity index (χ4v) is 2.76. The molecule has 30 heavy (non-hydrogen) atoms. The zero-order chi connectivity index (χ0) is 21.7. The number of hydrogen-bond donors (Lipinski definition) is 1. The Bertz CT molecular complexity index is 1120. The van der Waals surface area contributed by atoms with E-state index in [2.05, 4.69) is 10.5 Å². The summed E-state index contributed by atoms with van der Waals surface area (Å²) in [5.41, 5.74) is 6.10. The summed E-state index contributed by atoms with van der Waals surface area (Å²) in [6, 6.07) is 13.6. The number of carbonyl (C=O) groups excluding carboxylic acids is 1. The number of rotatable bonds is 7. The Hall–Kier alpha value is -3.94. The number of nitrogens with zero attached hydrogens (tertiary/aromatic N) is 2. The predicted molar refractivity (Wildman–Crippen MR) is 113 cm³/mol. The van der Waals surface area contributed by atoms with Gasteiger partial charge in [0.05, 0.1) is 11.1 Å². The van der Waals surface area contributed by atoms with E-state index in [0.29, 0.717) is 17.3 Å². The Morgan fingerprint density at radius 3 is 2.60 bits per heavy atom. The van der Waals surface area contributed by atoms with Crippen molar-refractivity contribution in [2.24, 2.45) is 5.10 Å². The molecule has 0 spiro atoms. The molecule has 0 bridgehead atoms. The van der Waals surface area contributed by atoms with E-state index in [1.807, 2.05) is 32.0 Å². The Balaban J connectivity index is 1.56. The molecule has 1 heterocycles. The van der Waals surface area contributed by atoms with Crippen molar-refractivity contribution in [2.45, 2.75) is 20.8 Å². The number of aryl methyl sites for hydroxylation is 3. The second-order valence-corrected chi connectivity index (χ2v) is 6.79. The standard InChI is InChI=1S/C22H21N3O5/c1-14-4-6-18(11-15(14)2)29-13-22(26)24-23-12-19-7-9-21(30-19)20-8-5-17(25(27)28)10-16(20)3/h4-12H,13H2,1-3H3,(H,24,26)/b23-12-. The summed E-state index contributed by atoms with van der Waals surface area (Å²) in [6.45, 7) is 5.59. The number of benzene rings is 2. The quantitative estimate of drug-likeness (QED) is 0.357. The van der Waals surface area contributed by atoms with Crippen LogP contribution in [-0.4, -0.2) is 23.7 Å². The van der Waals surface area contributed by atoms with E-state index in [-0.39, 0.29) is 12.3 Å². The van der Waals surface area contributed by atoms with E-state index < -0.39 is 10.8 Å². The SMILES string of the molecule is Cc1ccc(OCC(=O)N/N=C\c2ccc(-c3ccc([N+](=O)[O-])cc3C)o2)cc1C. The van der Waals surface area contributed by atoms with E-state index in [1.54, 1.807) is 25.1 Å². The number of hydrogen-bond acceptors (Lipinski definition) is 6. The average molecular weight is 407 g/mol. The van der Waals surface area contributed by atoms with Gasteiger partial charge in [0.2, 0.25) is 0 Å². The third-order valence-electron chi connectivity index (χ3n) is 4.54. The van der Waals surface area contributed by atoms with Gasteiger partial charge in [0.25, 0.3) is 11.6 Å². The van der Waals surface area contributed by atoms with E-state index in [4.69, 9.17) is 9.15 Å². The molecule has 0 aliphatic heterocycles. The molecule has 0 saturated heterocycles. The van der Waals surface area contributed by atoms with Gasteiger partial charge >= 0.3 is 0 Å². The first-order valence-corrected chi connectivity index (χ1v) is 9.20. The number of ether oxygens (including phenoxy) is 1. The highest BCUT2D eigenvalue weighted by molar-refractivity contribution is 5.81. The van der Waals surface area contributed by atoms with Gasteiger partial charge in [0.15, 0.2) is 6.61 Å². The number of hydrazone groups is 1. The molecular weight excluding hydrogens is 386 g/mol. The number of furan rings is 1. The molecule has 0 fully saturated rings. The highest BCUT2D eigenvalue weighted by Crippen LogP contribution is 2.28. The smallest absolute Gasteiger partial charge is 0.277 e. The van der Waals surface area contributed by atoms with Crippen molar-refractivity contribution in [3.8, 4) is 17.1 Å². The van der Waals surface area contributed by atoms with Crippen LogP contribution in [0.1, 0.15) is 22.5 Å². The maximum absolute atomic E-state index is 11.9. The summed E-state index contributed by atoms with van der Waals surface area (Å²) >= 11 is 0. The molecule has 0 unspecified atom stereocenters. The van der Waals surface area contributed by atoms with Crippen molar-refractivity contribution in [1.29, 1.82) is 0 Å². The Morgan fingerprint density at radius 2 is 1.90 bits per heavy atom. The molecule has 3 rings (SSSR count). The van der Waals surface area contributed by atoms with Crippen LogP contribution in [0.15, 0.2) is 58.0 Å². The highest BCUT2D eigenvalue weighted by Gasteiger charge is 2.12. The number of amides is 1. The molecular formula is C22H21N3O5. The normalized spacial score (nSPS) is 10.9. The van der Waals surface area contributed by atoms with E-state index >= 15 is 0 Å². The van der Waals surface area contributed by atoms with Crippen LogP contribution in [-0.2, 0) is 4.79 Å². The second-order valence-electron chi connectivity index (χ2n) is 6.79. The molecule has 154 valence electrons. The zero-order valence-corrected chi connectivity index (χ0v) is 16.8. The van der Waals surface area contributed by atoms with Crippen molar-refractivity contribution < 1.29 is 18.9 Å². The highest BCUT2D eigenvalue weighted by atomic mass is 16.6. The van der Waals surface area contributed by atoms with Crippen molar-refractivity contribution in [1.82, 2.24) is 5.43 Å². The zero-order valence-electron chi connectivity index (χ0n) is 16.8. The first-order valence-electron chi connectivity index (χ1n) is 9.20. The number of nitro benzene ring substituents is 1. The predicted octanol–water partition coefficient (Wildman–Crippen LogP) is 4.31. The Kier molecular flexibility index (Phi) is 6.26. The van der Waals surface area contributed by atoms with Crippen molar-refractivity contribution in [3.05, 3.63) is 81.1 Å². The number of nitro groups is 1. The molecule has 2 aromatic carbocycles. The molecule has 0 radical (unpaired) electrons. The van der Waals surface area contributed by atoms with Gasteiger partial charge in [-0.1, -0.05) is 6.07 Å². The molecule has 8 heteroatoms. The van der Waals surface area contributed by atoms with Crippen LogP contribution in [0.25, 0.3) is 11.3 Å². The fraction of sp³-hybridized carbons (Fsp3) is 0.182. The lowest BCUT2D eigenvalue weighted by atomic mass is 10.1. The lowest BCUT2D eigenvalue weighted by molar-refractivity contribution is -0.384. The second kappa shape index (κ2) is 9.04. The van der Waals surface area contributed by atoms with Crippen LogP contribution < -0.4 is 10.2 Å². The molecule has 8 nitrogen and oxygen atoms in total. The maximum Gasteiger partial charge on any atom is 0.277 e. The third kappa shape index (κ3) is 5.11. The first kappa shape index (κ1) is 20.8. The molecule has 1 aromatic heterocycles. The van der Waals surface area contributed by atoms with Gasteiger partial charge in [0, 0.05) is 17.7 Å². The van der Waals surface area contributed by atoms with Crippen molar-refractivity contribution in [3.63, 3.8) is 0 Å². The number of non-ortho nitro benzene ring substituents is 1. The van der Waals surface area contributed by atoms with E-state index in [9.17, 15) is 14.9 Å². The lowest BCUT2D eigenvalue weighted by Gasteiger charge is -2.07. The van der Waals surface area contributed by atoms with Gasteiger partial charge in [0.1, 0.15) is 17.3 Å². The Labute approximate surface area is 173 Å². The molecule has 0 saturated carbocycles. The summed E-state index contributed by atoms with van der Waals surface area (Å²) in [4.78, 5) is 22.3. The van der Waals surface area contributed by atoms with Crippen LogP contribution in [0.2, 0.25) is 0 Å². The summed E-state index contributed by atoms with van der Waals surface area (Å²) < 4.78 is 11.1. The summed E-state index contributed by atoms with van der Waals surface area (Å²) in [5, 5.41) is 14.7. The molecule has 1 amide bonds. The maximum atomic E-state index is 11.9. The van der Waals surface area contributed by atoms with E-state index in [0.717, 1.165) is 22.3 Å². The monoisotopic (exact) mass is 407 g/mol. The van der Waals surface area contributed by atoms with Gasteiger partial charge < -0.3 is 9.15 Å². The molecule has 0 atom stereocenters. The molecule has 0 aliphatic carbocycles. The topological polar surface area (TPSA) is 107 Å².